The van der Waals surface area contributed by atoms with E-state index in [1.807, 2.05) is 18.2 Å². The van der Waals surface area contributed by atoms with Crippen molar-refractivity contribution in [3.8, 4) is 11.8 Å². The molecule has 4 heteroatoms. The molecule has 0 unspecified atom stereocenters. The molecule has 1 atom stereocenters. The second-order valence-electron chi connectivity index (χ2n) is 6.88. The van der Waals surface area contributed by atoms with Gasteiger partial charge in [-0.25, -0.2) is 4.79 Å². The van der Waals surface area contributed by atoms with Crippen molar-refractivity contribution in [1.29, 1.82) is 0 Å². The summed E-state index contributed by atoms with van der Waals surface area (Å²) in [5, 5.41) is 11.2. The van der Waals surface area contributed by atoms with Crippen LogP contribution in [0.15, 0.2) is 30.3 Å². The van der Waals surface area contributed by atoms with Crippen LogP contribution in [0.25, 0.3) is 0 Å². The van der Waals surface area contributed by atoms with Crippen molar-refractivity contribution < 1.29 is 14.6 Å². The van der Waals surface area contributed by atoms with Crippen LogP contribution in [0.5, 0.6) is 0 Å². The maximum Gasteiger partial charge on any atom is 0.344 e. The van der Waals surface area contributed by atoms with Crippen LogP contribution in [0.1, 0.15) is 57.9 Å². The van der Waals surface area contributed by atoms with Gasteiger partial charge in [-0.05, 0) is 44.3 Å². The average Bonchev–Trinajstić information content (AvgIpc) is 2.69. The van der Waals surface area contributed by atoms with Crippen LogP contribution in [0.3, 0.4) is 0 Å². The second-order valence-corrected chi connectivity index (χ2v) is 6.88. The molecule has 1 fully saturated rings. The zero-order valence-corrected chi connectivity index (χ0v) is 16.0. The molecule has 4 nitrogen and oxygen atoms in total. The molecule has 1 N–H and O–H groups in total. The Morgan fingerprint density at radius 1 is 1.15 bits per heavy atom. The van der Waals surface area contributed by atoms with Gasteiger partial charge in [-0.2, -0.15) is 0 Å². The van der Waals surface area contributed by atoms with Crippen molar-refractivity contribution in [1.82, 2.24) is 4.90 Å². The van der Waals surface area contributed by atoms with E-state index in [1.165, 1.54) is 6.42 Å². The molecule has 0 spiro atoms. The Kier molecular flexibility index (Phi) is 8.15. The Hall–Kier alpha value is -1.83. The number of esters is 1. The van der Waals surface area contributed by atoms with Gasteiger partial charge in [0, 0.05) is 0 Å². The normalized spacial score (nSPS) is 17.2. The van der Waals surface area contributed by atoms with E-state index in [1.54, 1.807) is 12.1 Å². The van der Waals surface area contributed by atoms with Crippen molar-refractivity contribution in [2.75, 3.05) is 19.6 Å². The summed E-state index contributed by atoms with van der Waals surface area (Å²) >= 11 is 0. The molecule has 0 amide bonds. The lowest BCUT2D eigenvalue weighted by Gasteiger charge is -2.29. The fourth-order valence-electron chi connectivity index (χ4n) is 3.24. The van der Waals surface area contributed by atoms with E-state index in [-0.39, 0.29) is 12.5 Å². The molecule has 142 valence electrons. The maximum absolute atomic E-state index is 12.8. The quantitative estimate of drug-likeness (QED) is 0.599. The molecule has 0 aromatic heterocycles. The Labute approximate surface area is 157 Å². The minimum atomic E-state index is -1.71. The van der Waals surface area contributed by atoms with Crippen LogP contribution in [0, 0.1) is 11.8 Å². The summed E-state index contributed by atoms with van der Waals surface area (Å²) in [7, 11) is 0. The number of hydrogen-bond donors (Lipinski definition) is 1. The number of carbonyl (C=O) groups is 1. The molecule has 1 saturated carbocycles. The van der Waals surface area contributed by atoms with E-state index in [0.717, 1.165) is 38.8 Å². The highest BCUT2D eigenvalue weighted by Crippen LogP contribution is 2.29. The van der Waals surface area contributed by atoms with E-state index in [0.29, 0.717) is 12.1 Å². The minimum absolute atomic E-state index is 0.0455. The number of rotatable bonds is 7. The van der Waals surface area contributed by atoms with Gasteiger partial charge in [0.05, 0.1) is 13.0 Å². The molecule has 0 aliphatic heterocycles. The summed E-state index contributed by atoms with van der Waals surface area (Å²) in [5.41, 5.74) is -1.17. The average molecular weight is 357 g/mol. The van der Waals surface area contributed by atoms with Crippen molar-refractivity contribution in [3.63, 3.8) is 0 Å². The third-order valence-corrected chi connectivity index (χ3v) is 5.08. The molecular formula is C22H31NO3. The SMILES string of the molecule is CCN(CC)CC#CC[C@@](O)(C(=O)OC1CCCCC1)c1ccccc1. The smallest absolute Gasteiger partial charge is 0.344 e. The summed E-state index contributed by atoms with van der Waals surface area (Å²) in [6, 6.07) is 9.01. The fraction of sp³-hybridized carbons (Fsp3) is 0.591. The lowest BCUT2D eigenvalue weighted by Crippen LogP contribution is -2.39. The Morgan fingerprint density at radius 2 is 1.81 bits per heavy atom. The summed E-state index contributed by atoms with van der Waals surface area (Å²) in [6.07, 6.45) is 5.05. The van der Waals surface area contributed by atoms with Gasteiger partial charge in [0.1, 0.15) is 6.10 Å². The van der Waals surface area contributed by atoms with Crippen LogP contribution in [-0.4, -0.2) is 41.7 Å². The zero-order chi connectivity index (χ0) is 18.8. The molecule has 26 heavy (non-hydrogen) atoms. The predicted molar refractivity (Wildman–Crippen MR) is 103 cm³/mol. The van der Waals surface area contributed by atoms with Crippen molar-refractivity contribution >= 4 is 5.97 Å². The fourth-order valence-corrected chi connectivity index (χ4v) is 3.24. The van der Waals surface area contributed by atoms with Gasteiger partial charge in [-0.3, -0.25) is 4.90 Å². The first kappa shape index (κ1) is 20.5. The van der Waals surface area contributed by atoms with Crippen molar-refractivity contribution in [2.24, 2.45) is 0 Å². The first-order valence-corrected chi connectivity index (χ1v) is 9.77. The van der Waals surface area contributed by atoms with Gasteiger partial charge in [-0.15, -0.1) is 0 Å². The third kappa shape index (κ3) is 5.59. The summed E-state index contributed by atoms with van der Waals surface area (Å²) in [4.78, 5) is 15.0. The highest BCUT2D eigenvalue weighted by atomic mass is 16.6. The first-order chi connectivity index (χ1) is 12.6. The van der Waals surface area contributed by atoms with Gasteiger partial charge < -0.3 is 9.84 Å². The Morgan fingerprint density at radius 3 is 2.42 bits per heavy atom. The van der Waals surface area contributed by atoms with E-state index in [4.69, 9.17) is 4.74 Å². The standard InChI is InChI=1S/C22H31NO3/c1-3-23(4-2)18-12-11-17-22(25,19-13-7-5-8-14-19)21(24)26-20-15-9-6-10-16-20/h5,7-8,13-14,20,25H,3-4,6,9-10,15-18H2,1-2H3/t22-/m0/s1. The van der Waals surface area contributed by atoms with Crippen LogP contribution in [-0.2, 0) is 15.1 Å². The van der Waals surface area contributed by atoms with E-state index >= 15 is 0 Å². The Bertz CT molecular complexity index is 609. The van der Waals surface area contributed by atoms with E-state index < -0.39 is 11.6 Å². The molecule has 0 saturated heterocycles. The van der Waals surface area contributed by atoms with Gasteiger partial charge in [0.15, 0.2) is 5.60 Å². The monoisotopic (exact) mass is 357 g/mol. The molecule has 1 aromatic carbocycles. The summed E-state index contributed by atoms with van der Waals surface area (Å²) < 4.78 is 5.66. The molecule has 1 aliphatic carbocycles. The maximum atomic E-state index is 12.8. The molecular weight excluding hydrogens is 326 g/mol. The molecule has 1 aliphatic rings. The topological polar surface area (TPSA) is 49.8 Å². The third-order valence-electron chi connectivity index (χ3n) is 5.08. The molecule has 1 aromatic rings. The number of benzene rings is 1. The Balaban J connectivity index is 2.11. The van der Waals surface area contributed by atoms with Crippen molar-refractivity contribution in [2.45, 2.75) is 64.1 Å². The molecule has 0 radical (unpaired) electrons. The number of carbonyl (C=O) groups excluding carboxylic acids is 1. The summed E-state index contributed by atoms with van der Waals surface area (Å²) in [6.45, 7) is 6.67. The number of aliphatic hydroxyl groups is 1. The number of ether oxygens (including phenoxy) is 1. The van der Waals surface area contributed by atoms with Crippen LogP contribution in [0.2, 0.25) is 0 Å². The van der Waals surface area contributed by atoms with Gasteiger partial charge in [0.25, 0.3) is 0 Å². The van der Waals surface area contributed by atoms with Gasteiger partial charge >= 0.3 is 5.97 Å². The van der Waals surface area contributed by atoms with Crippen LogP contribution in [0.4, 0.5) is 0 Å². The van der Waals surface area contributed by atoms with Crippen LogP contribution >= 0.6 is 0 Å². The first-order valence-electron chi connectivity index (χ1n) is 9.77. The lowest BCUT2D eigenvalue weighted by atomic mass is 9.90. The largest absolute Gasteiger partial charge is 0.460 e. The highest BCUT2D eigenvalue weighted by molar-refractivity contribution is 5.81. The molecule has 0 bridgehead atoms. The van der Waals surface area contributed by atoms with Crippen molar-refractivity contribution in [3.05, 3.63) is 35.9 Å². The number of hydrogen-bond acceptors (Lipinski definition) is 4. The molecule has 0 heterocycles. The minimum Gasteiger partial charge on any atom is -0.460 e. The van der Waals surface area contributed by atoms with Crippen LogP contribution < -0.4 is 0 Å². The van der Waals surface area contributed by atoms with E-state index in [2.05, 4.69) is 30.6 Å². The second kappa shape index (κ2) is 10.4. The molecule has 2 rings (SSSR count). The lowest BCUT2D eigenvalue weighted by molar-refractivity contribution is -0.173. The summed E-state index contributed by atoms with van der Waals surface area (Å²) in [5.74, 6) is 5.50. The van der Waals surface area contributed by atoms with E-state index in [9.17, 15) is 9.90 Å². The van der Waals surface area contributed by atoms with Gasteiger partial charge in [0.2, 0.25) is 0 Å². The zero-order valence-electron chi connectivity index (χ0n) is 16.0. The number of nitrogens with zero attached hydrogens (tertiary/aromatic N) is 1. The predicted octanol–water partition coefficient (Wildman–Crippen LogP) is 3.49. The van der Waals surface area contributed by atoms with Gasteiger partial charge in [-0.1, -0.05) is 62.4 Å². The highest BCUT2D eigenvalue weighted by Gasteiger charge is 2.40.